The van der Waals surface area contributed by atoms with Crippen molar-refractivity contribution >= 4 is 17.5 Å². The number of hydrogen-bond donors (Lipinski definition) is 2. The van der Waals surface area contributed by atoms with E-state index in [-0.39, 0.29) is 35.4 Å². The van der Waals surface area contributed by atoms with Gasteiger partial charge in [-0.15, -0.1) is 0 Å². The predicted octanol–water partition coefficient (Wildman–Crippen LogP) is 3.52. The molecule has 0 aromatic carbocycles. The van der Waals surface area contributed by atoms with Crippen LogP contribution in [0.25, 0.3) is 0 Å². The van der Waals surface area contributed by atoms with Gasteiger partial charge in [0.25, 0.3) is 0 Å². The van der Waals surface area contributed by atoms with E-state index in [1.807, 2.05) is 19.9 Å². The highest BCUT2D eigenvalue weighted by Crippen LogP contribution is 2.68. The predicted molar refractivity (Wildman–Crippen MR) is 119 cm³/mol. The standard InChI is InChI=1S/C26H38O6/c1-4-5-6-22(31)32-26(21(30)15-27)12-10-19-18-8-7-16-13-17(28)9-11-24(16,2)23(18)20(29)14-25(19,26)3/h13,18-20,23,27,29H,4-12,14-15H2,1-3H3/t18?,19?,20-,23?,24-,25-,26-/m0/s1. The normalized spacial score (nSPS) is 43.0. The van der Waals surface area contributed by atoms with Crippen LogP contribution in [-0.4, -0.2) is 46.1 Å². The monoisotopic (exact) mass is 446 g/mol. The topological polar surface area (TPSA) is 101 Å². The lowest BCUT2D eigenvalue weighted by Crippen LogP contribution is -2.63. The van der Waals surface area contributed by atoms with Crippen LogP contribution < -0.4 is 0 Å². The van der Waals surface area contributed by atoms with E-state index in [0.29, 0.717) is 25.7 Å². The number of hydrogen-bond acceptors (Lipinski definition) is 6. The van der Waals surface area contributed by atoms with Crippen molar-refractivity contribution in [2.45, 2.75) is 96.7 Å². The van der Waals surface area contributed by atoms with Crippen LogP contribution >= 0.6 is 0 Å². The molecule has 0 radical (unpaired) electrons. The molecular formula is C26H38O6. The number of esters is 1. The van der Waals surface area contributed by atoms with Crippen LogP contribution in [0, 0.1) is 28.6 Å². The molecule has 32 heavy (non-hydrogen) atoms. The zero-order valence-electron chi connectivity index (χ0n) is 19.7. The molecule has 3 saturated carbocycles. The maximum absolute atomic E-state index is 13.1. The summed E-state index contributed by atoms with van der Waals surface area (Å²) >= 11 is 0. The minimum atomic E-state index is -1.37. The van der Waals surface area contributed by atoms with Crippen LogP contribution in [0.2, 0.25) is 0 Å². The van der Waals surface area contributed by atoms with Gasteiger partial charge >= 0.3 is 5.97 Å². The van der Waals surface area contributed by atoms with Crippen molar-refractivity contribution in [1.82, 2.24) is 0 Å². The Labute approximate surface area is 190 Å². The SMILES string of the molecule is CCCCC(=O)O[C@]1(C(=O)CO)CCC2C3CCC4=CC(=O)CC[C@]4(C)C3[C@@H](O)C[C@@]21C. The first-order valence-corrected chi connectivity index (χ1v) is 12.4. The van der Waals surface area contributed by atoms with E-state index in [0.717, 1.165) is 32.1 Å². The molecule has 0 aliphatic heterocycles. The summed E-state index contributed by atoms with van der Waals surface area (Å²) in [4.78, 5) is 37.9. The number of carbonyl (C=O) groups is 3. The van der Waals surface area contributed by atoms with E-state index < -0.39 is 35.5 Å². The molecule has 6 nitrogen and oxygen atoms in total. The molecule has 0 bridgehead atoms. The largest absolute Gasteiger partial charge is 0.450 e. The van der Waals surface area contributed by atoms with Crippen LogP contribution in [0.4, 0.5) is 0 Å². The second-order valence-electron chi connectivity index (χ2n) is 11.1. The maximum Gasteiger partial charge on any atom is 0.306 e. The third kappa shape index (κ3) is 3.32. The molecule has 6 heteroatoms. The number of carbonyl (C=O) groups excluding carboxylic acids is 3. The molecule has 4 rings (SSSR count). The van der Waals surface area contributed by atoms with E-state index in [1.54, 1.807) is 0 Å². The Bertz CT molecular complexity index is 832. The fourth-order valence-electron chi connectivity index (χ4n) is 8.05. The average Bonchev–Trinajstić information content (AvgIpc) is 3.04. The maximum atomic E-state index is 13.1. The Morgan fingerprint density at radius 1 is 1.19 bits per heavy atom. The van der Waals surface area contributed by atoms with Crippen LogP contribution in [0.1, 0.15) is 85.0 Å². The molecular weight excluding hydrogens is 408 g/mol. The van der Waals surface area contributed by atoms with Gasteiger partial charge in [-0.2, -0.15) is 0 Å². The lowest BCUT2D eigenvalue weighted by molar-refractivity contribution is -0.202. The van der Waals surface area contributed by atoms with Crippen molar-refractivity contribution in [1.29, 1.82) is 0 Å². The van der Waals surface area contributed by atoms with Gasteiger partial charge in [0, 0.05) is 18.3 Å². The number of ketones is 2. The second-order valence-corrected chi connectivity index (χ2v) is 11.1. The summed E-state index contributed by atoms with van der Waals surface area (Å²) < 4.78 is 5.98. The molecule has 0 aromatic rings. The first-order valence-electron chi connectivity index (χ1n) is 12.4. The fourth-order valence-corrected chi connectivity index (χ4v) is 8.05. The smallest absolute Gasteiger partial charge is 0.306 e. The summed E-state index contributed by atoms with van der Waals surface area (Å²) in [5.41, 5.74) is -1.12. The van der Waals surface area contributed by atoms with Gasteiger partial charge in [-0.05, 0) is 74.2 Å². The van der Waals surface area contributed by atoms with E-state index in [1.165, 1.54) is 5.57 Å². The molecule has 0 aromatic heterocycles. The molecule has 2 N–H and O–H groups in total. The lowest BCUT2D eigenvalue weighted by Gasteiger charge is -2.60. The van der Waals surface area contributed by atoms with Gasteiger partial charge in [0.15, 0.2) is 11.4 Å². The summed E-state index contributed by atoms with van der Waals surface area (Å²) in [6.45, 7) is 5.51. The quantitative estimate of drug-likeness (QED) is 0.606. The van der Waals surface area contributed by atoms with E-state index in [4.69, 9.17) is 4.74 Å². The van der Waals surface area contributed by atoms with Gasteiger partial charge in [0.1, 0.15) is 6.61 Å². The minimum Gasteiger partial charge on any atom is -0.450 e. The number of aliphatic hydroxyl groups is 2. The Hall–Kier alpha value is -1.53. The summed E-state index contributed by atoms with van der Waals surface area (Å²) in [5, 5.41) is 21.4. The molecule has 0 amide bonds. The van der Waals surface area contributed by atoms with E-state index in [2.05, 4.69) is 6.92 Å². The minimum absolute atomic E-state index is 0.0319. The Morgan fingerprint density at radius 3 is 2.62 bits per heavy atom. The van der Waals surface area contributed by atoms with Gasteiger partial charge in [-0.1, -0.05) is 32.8 Å². The molecule has 7 atom stereocenters. The van der Waals surface area contributed by atoms with E-state index in [9.17, 15) is 24.6 Å². The van der Waals surface area contributed by atoms with Gasteiger partial charge < -0.3 is 14.9 Å². The second kappa shape index (κ2) is 8.35. The fraction of sp³-hybridized carbons (Fsp3) is 0.808. The molecule has 0 heterocycles. The Kier molecular flexibility index (Phi) is 6.17. The van der Waals surface area contributed by atoms with Crippen molar-refractivity contribution in [2.24, 2.45) is 28.6 Å². The van der Waals surface area contributed by atoms with Crippen molar-refractivity contribution in [2.75, 3.05) is 6.61 Å². The summed E-state index contributed by atoms with van der Waals surface area (Å²) in [6, 6.07) is 0. The van der Waals surface area contributed by atoms with Gasteiger partial charge in [0.2, 0.25) is 5.78 Å². The highest BCUT2D eigenvalue weighted by Gasteiger charge is 2.70. The zero-order valence-corrected chi connectivity index (χ0v) is 19.7. The number of rotatable bonds is 6. The number of ether oxygens (including phenoxy) is 1. The van der Waals surface area contributed by atoms with Gasteiger partial charge in [-0.25, -0.2) is 0 Å². The summed E-state index contributed by atoms with van der Waals surface area (Å²) in [7, 11) is 0. The number of allylic oxidation sites excluding steroid dienone is 1. The number of fused-ring (bicyclic) bond motifs is 5. The van der Waals surface area contributed by atoms with Gasteiger partial charge in [-0.3, -0.25) is 14.4 Å². The average molecular weight is 447 g/mol. The van der Waals surface area contributed by atoms with Crippen LogP contribution in [0.15, 0.2) is 11.6 Å². The third-order valence-electron chi connectivity index (χ3n) is 9.63. The number of unbranched alkanes of at least 4 members (excludes halogenated alkanes) is 1. The summed E-state index contributed by atoms with van der Waals surface area (Å²) in [5.74, 6) is -0.297. The van der Waals surface area contributed by atoms with Crippen molar-refractivity contribution < 1.29 is 29.3 Å². The summed E-state index contributed by atoms with van der Waals surface area (Å²) in [6.07, 6.45) is 7.44. The molecule has 178 valence electrons. The Morgan fingerprint density at radius 2 is 1.94 bits per heavy atom. The highest BCUT2D eigenvalue weighted by molar-refractivity contribution is 5.92. The molecule has 4 aliphatic rings. The van der Waals surface area contributed by atoms with E-state index >= 15 is 0 Å². The van der Waals surface area contributed by atoms with Gasteiger partial charge in [0.05, 0.1) is 6.10 Å². The van der Waals surface area contributed by atoms with Crippen molar-refractivity contribution in [3.8, 4) is 0 Å². The van der Waals surface area contributed by atoms with Crippen molar-refractivity contribution in [3.63, 3.8) is 0 Å². The van der Waals surface area contributed by atoms with Crippen LogP contribution in [0.5, 0.6) is 0 Å². The molecule has 4 aliphatic carbocycles. The third-order valence-corrected chi connectivity index (χ3v) is 9.63. The molecule has 3 fully saturated rings. The number of aliphatic hydroxyl groups excluding tert-OH is 2. The molecule has 0 spiro atoms. The first kappa shape index (κ1) is 23.6. The zero-order chi connectivity index (χ0) is 23.3. The first-order chi connectivity index (χ1) is 15.1. The molecule has 3 unspecified atom stereocenters. The molecule has 0 saturated heterocycles. The highest BCUT2D eigenvalue weighted by atomic mass is 16.6. The number of Topliss-reactive ketones (excluding diaryl/α,β-unsaturated/α-hetero) is 1. The van der Waals surface area contributed by atoms with Crippen molar-refractivity contribution in [3.05, 3.63) is 11.6 Å². The lowest BCUT2D eigenvalue weighted by atomic mass is 9.45. The Balaban J connectivity index is 1.70. The van der Waals surface area contributed by atoms with Crippen LogP contribution in [-0.2, 0) is 19.1 Å². The van der Waals surface area contributed by atoms with Crippen LogP contribution in [0.3, 0.4) is 0 Å².